The number of aliphatic hydroxyl groups is 6. The van der Waals surface area contributed by atoms with Gasteiger partial charge in [-0.2, -0.15) is 0 Å². The maximum absolute atomic E-state index is 12.3. The van der Waals surface area contributed by atoms with Crippen LogP contribution in [0.3, 0.4) is 0 Å². The highest BCUT2D eigenvalue weighted by Crippen LogP contribution is 2.57. The first kappa shape index (κ1) is 23.1. The van der Waals surface area contributed by atoms with E-state index in [0.717, 1.165) is 0 Å². The van der Waals surface area contributed by atoms with Gasteiger partial charge in [-0.15, -0.1) is 0 Å². The van der Waals surface area contributed by atoms with Gasteiger partial charge in [-0.3, -0.25) is 4.79 Å². The molecule has 10 heteroatoms. The van der Waals surface area contributed by atoms with E-state index in [2.05, 4.69) is 0 Å². The van der Waals surface area contributed by atoms with Crippen LogP contribution in [0.5, 0.6) is 0 Å². The van der Waals surface area contributed by atoms with Gasteiger partial charge in [-0.1, -0.05) is 19.9 Å². The molecular formula is C21H32O10. The molecule has 0 radical (unpaired) electrons. The lowest BCUT2D eigenvalue weighted by Crippen LogP contribution is -2.64. The van der Waals surface area contributed by atoms with Gasteiger partial charge in [0.15, 0.2) is 6.29 Å². The molecule has 1 saturated carbocycles. The van der Waals surface area contributed by atoms with E-state index in [0.29, 0.717) is 12.0 Å². The molecule has 4 rings (SSSR count). The first-order valence-corrected chi connectivity index (χ1v) is 10.8. The Morgan fingerprint density at radius 1 is 1.16 bits per heavy atom. The van der Waals surface area contributed by atoms with Crippen molar-refractivity contribution in [2.45, 2.75) is 75.7 Å². The molecule has 0 aromatic heterocycles. The highest BCUT2D eigenvalue weighted by molar-refractivity contribution is 5.75. The monoisotopic (exact) mass is 444 g/mol. The molecule has 6 N–H and O–H groups in total. The number of rotatable bonds is 4. The van der Waals surface area contributed by atoms with Crippen molar-refractivity contribution in [2.24, 2.45) is 23.2 Å². The Morgan fingerprint density at radius 2 is 1.87 bits per heavy atom. The average Bonchev–Trinajstić information content (AvgIpc) is 3.02. The molecule has 0 spiro atoms. The van der Waals surface area contributed by atoms with Crippen molar-refractivity contribution < 1.29 is 49.6 Å². The number of carbonyl (C=O) groups is 1. The highest BCUT2D eigenvalue weighted by Gasteiger charge is 2.63. The van der Waals surface area contributed by atoms with Crippen LogP contribution in [0.2, 0.25) is 0 Å². The van der Waals surface area contributed by atoms with Crippen molar-refractivity contribution in [3.05, 3.63) is 11.6 Å². The number of ether oxygens (including phenoxy) is 3. The molecule has 2 aliphatic heterocycles. The molecule has 2 saturated heterocycles. The number of aliphatic hydroxyl groups excluding tert-OH is 6. The molecule has 0 unspecified atom stereocenters. The van der Waals surface area contributed by atoms with Gasteiger partial charge in [0.25, 0.3) is 0 Å². The van der Waals surface area contributed by atoms with Crippen molar-refractivity contribution in [2.75, 3.05) is 13.2 Å². The number of carbonyl (C=O) groups excluding carboxylic acids is 1. The van der Waals surface area contributed by atoms with Crippen molar-refractivity contribution in [3.8, 4) is 0 Å². The van der Waals surface area contributed by atoms with E-state index in [1.165, 1.54) is 0 Å². The minimum absolute atomic E-state index is 0.193. The molecule has 2 heterocycles. The molecule has 10 nitrogen and oxygen atoms in total. The summed E-state index contributed by atoms with van der Waals surface area (Å²) < 4.78 is 17.2. The Kier molecular flexibility index (Phi) is 6.21. The minimum atomic E-state index is -1.58. The average molecular weight is 444 g/mol. The van der Waals surface area contributed by atoms with E-state index in [-0.39, 0.29) is 30.8 Å². The van der Waals surface area contributed by atoms with Crippen LogP contribution in [0.4, 0.5) is 0 Å². The SMILES string of the molecule is C[C@@H]1C(=O)O[C@H]2[C@H]1C[C@H](O)[C@]1(C)[C@@H]2C(CO)=CC[C@H]1O[C@@H]1O[C@H](CO)[C@@H](O)[C@H](O)[C@H]1O. The zero-order valence-corrected chi connectivity index (χ0v) is 17.6. The molecule has 3 fully saturated rings. The number of esters is 1. The van der Waals surface area contributed by atoms with Gasteiger partial charge in [0.05, 0.1) is 31.3 Å². The first-order chi connectivity index (χ1) is 14.6. The van der Waals surface area contributed by atoms with Crippen molar-refractivity contribution in [1.82, 2.24) is 0 Å². The number of hydrogen-bond donors (Lipinski definition) is 6. The van der Waals surface area contributed by atoms with E-state index < -0.39 is 67.0 Å². The fourth-order valence-corrected chi connectivity index (χ4v) is 5.89. The zero-order valence-electron chi connectivity index (χ0n) is 17.6. The maximum Gasteiger partial charge on any atom is 0.309 e. The third-order valence-corrected chi connectivity index (χ3v) is 7.92. The van der Waals surface area contributed by atoms with Gasteiger partial charge in [0.2, 0.25) is 0 Å². The van der Waals surface area contributed by atoms with Gasteiger partial charge in [0, 0.05) is 17.3 Å². The maximum atomic E-state index is 12.3. The first-order valence-electron chi connectivity index (χ1n) is 10.8. The summed E-state index contributed by atoms with van der Waals surface area (Å²) >= 11 is 0. The normalized spacial score (nSPS) is 52.2. The van der Waals surface area contributed by atoms with Crippen molar-refractivity contribution in [3.63, 3.8) is 0 Å². The number of hydrogen-bond acceptors (Lipinski definition) is 10. The fourth-order valence-electron chi connectivity index (χ4n) is 5.89. The van der Waals surface area contributed by atoms with E-state index in [1.807, 2.05) is 0 Å². The second kappa shape index (κ2) is 8.35. The summed E-state index contributed by atoms with van der Waals surface area (Å²) in [5.74, 6) is -1.39. The molecule has 4 aliphatic rings. The summed E-state index contributed by atoms with van der Waals surface area (Å²) in [6.07, 6.45) is -6.84. The third kappa shape index (κ3) is 3.44. The Labute approximate surface area is 180 Å². The summed E-state index contributed by atoms with van der Waals surface area (Å²) in [5.41, 5.74) is -0.316. The van der Waals surface area contributed by atoms with E-state index in [9.17, 15) is 35.4 Å². The third-order valence-electron chi connectivity index (χ3n) is 7.92. The molecule has 0 amide bonds. The second-order valence-corrected chi connectivity index (χ2v) is 9.44. The number of fused-ring (bicyclic) bond motifs is 3. The molecule has 0 aromatic rings. The standard InChI is InChI=1S/C21H32O10/c1-8-10-5-12(24)21(2)13(4-3-9(6-22)14(21)18(10)31-19(8)28)30-20-17(27)16(26)15(25)11(7-23)29-20/h3,8,10-18,20,22-27H,4-7H2,1-2H3/t8-,10-,11+,12-,13+,14+,15+,16-,17+,18-,20-,21-/m0/s1. The van der Waals surface area contributed by atoms with Crippen LogP contribution in [-0.4, -0.2) is 98.8 Å². The van der Waals surface area contributed by atoms with Crippen LogP contribution in [0, 0.1) is 23.2 Å². The molecule has 0 aromatic carbocycles. The van der Waals surface area contributed by atoms with E-state index >= 15 is 0 Å². The predicted octanol–water partition coefficient (Wildman–Crippen LogP) is -1.94. The lowest BCUT2D eigenvalue weighted by molar-refractivity contribution is -0.328. The Hall–Kier alpha value is -1.11. The Balaban J connectivity index is 1.64. The van der Waals surface area contributed by atoms with Crippen molar-refractivity contribution in [1.29, 1.82) is 0 Å². The summed E-state index contributed by atoms with van der Waals surface area (Å²) in [7, 11) is 0. The van der Waals surface area contributed by atoms with E-state index in [1.54, 1.807) is 19.9 Å². The minimum Gasteiger partial charge on any atom is -0.461 e. The van der Waals surface area contributed by atoms with Gasteiger partial charge < -0.3 is 44.8 Å². The molecular weight excluding hydrogens is 412 g/mol. The van der Waals surface area contributed by atoms with Gasteiger partial charge in [-0.25, -0.2) is 0 Å². The molecule has 2 aliphatic carbocycles. The zero-order chi connectivity index (χ0) is 22.7. The molecule has 12 atom stereocenters. The Bertz CT molecular complexity index is 725. The van der Waals surface area contributed by atoms with Crippen LogP contribution in [0.1, 0.15) is 26.7 Å². The van der Waals surface area contributed by atoms with Crippen LogP contribution in [0.15, 0.2) is 11.6 Å². The predicted molar refractivity (Wildman–Crippen MR) is 103 cm³/mol. The topological polar surface area (TPSA) is 166 Å². The fraction of sp³-hybridized carbons (Fsp3) is 0.857. The van der Waals surface area contributed by atoms with Crippen LogP contribution in [0.25, 0.3) is 0 Å². The van der Waals surface area contributed by atoms with Crippen LogP contribution in [-0.2, 0) is 19.0 Å². The summed E-state index contributed by atoms with van der Waals surface area (Å²) in [6.45, 7) is 2.74. The Morgan fingerprint density at radius 3 is 2.52 bits per heavy atom. The highest BCUT2D eigenvalue weighted by atomic mass is 16.7. The quantitative estimate of drug-likeness (QED) is 0.212. The molecule has 31 heavy (non-hydrogen) atoms. The van der Waals surface area contributed by atoms with Gasteiger partial charge in [-0.05, 0) is 18.4 Å². The second-order valence-electron chi connectivity index (χ2n) is 9.44. The van der Waals surface area contributed by atoms with Crippen LogP contribution >= 0.6 is 0 Å². The van der Waals surface area contributed by atoms with Gasteiger partial charge in [0.1, 0.15) is 30.5 Å². The summed E-state index contributed by atoms with van der Waals surface area (Å²) in [6, 6.07) is 0. The largest absolute Gasteiger partial charge is 0.461 e. The van der Waals surface area contributed by atoms with E-state index in [4.69, 9.17) is 14.2 Å². The smallest absolute Gasteiger partial charge is 0.309 e. The lowest BCUT2D eigenvalue weighted by atomic mass is 9.53. The summed E-state index contributed by atoms with van der Waals surface area (Å²) in [5, 5.41) is 61.1. The summed E-state index contributed by atoms with van der Waals surface area (Å²) in [4.78, 5) is 12.3. The lowest BCUT2D eigenvalue weighted by Gasteiger charge is -2.56. The molecule has 0 bridgehead atoms. The van der Waals surface area contributed by atoms with Crippen LogP contribution < -0.4 is 0 Å². The molecule has 176 valence electrons. The van der Waals surface area contributed by atoms with Gasteiger partial charge >= 0.3 is 5.97 Å². The van der Waals surface area contributed by atoms with Crippen molar-refractivity contribution >= 4 is 5.97 Å².